The number of pyridine rings is 2. The van der Waals surface area contributed by atoms with Gasteiger partial charge in [-0.1, -0.05) is 23.7 Å². The molecule has 148 valence electrons. The van der Waals surface area contributed by atoms with E-state index in [1.54, 1.807) is 43.6 Å². The number of hydrogen-bond donors (Lipinski definition) is 3. The van der Waals surface area contributed by atoms with Crippen molar-refractivity contribution in [1.82, 2.24) is 14.9 Å². The van der Waals surface area contributed by atoms with Gasteiger partial charge >= 0.3 is 0 Å². The van der Waals surface area contributed by atoms with Gasteiger partial charge in [0.1, 0.15) is 11.5 Å². The number of halogens is 1. The van der Waals surface area contributed by atoms with Gasteiger partial charge in [0.15, 0.2) is 0 Å². The summed E-state index contributed by atoms with van der Waals surface area (Å²) in [5, 5.41) is 10.5. The van der Waals surface area contributed by atoms with Crippen LogP contribution in [0.15, 0.2) is 47.4 Å². The molecule has 0 aliphatic carbocycles. The highest BCUT2D eigenvalue weighted by molar-refractivity contribution is 6.33. The summed E-state index contributed by atoms with van der Waals surface area (Å²) < 4.78 is 1.42. The third kappa shape index (κ3) is 3.77. The minimum Gasteiger partial charge on any atom is -0.384 e. The van der Waals surface area contributed by atoms with Crippen LogP contribution in [0.2, 0.25) is 5.02 Å². The SMILES string of the molecule is CCn1c(N)c(C=N)cc(-c2ccc(-c3ccnc(C(=O)NC)c3)cc2Cl)c1=O. The molecule has 0 fully saturated rings. The van der Waals surface area contributed by atoms with Gasteiger partial charge in [-0.05, 0) is 42.3 Å². The van der Waals surface area contributed by atoms with E-state index in [1.165, 1.54) is 4.57 Å². The molecule has 1 aromatic carbocycles. The number of benzene rings is 1. The fraction of sp³-hybridized carbons (Fsp3) is 0.143. The first-order valence-corrected chi connectivity index (χ1v) is 9.31. The Hall–Kier alpha value is -3.45. The summed E-state index contributed by atoms with van der Waals surface area (Å²) in [5.41, 5.74) is 8.93. The van der Waals surface area contributed by atoms with Gasteiger partial charge in [-0.25, -0.2) is 0 Å². The number of nitrogens with zero attached hydrogens (tertiary/aromatic N) is 2. The van der Waals surface area contributed by atoms with E-state index < -0.39 is 0 Å². The zero-order chi connectivity index (χ0) is 21.1. The Balaban J connectivity index is 2.12. The van der Waals surface area contributed by atoms with Crippen LogP contribution in [0, 0.1) is 5.41 Å². The number of rotatable bonds is 5. The lowest BCUT2D eigenvalue weighted by molar-refractivity contribution is 0.0958. The minimum atomic E-state index is -0.282. The van der Waals surface area contributed by atoms with Crippen molar-refractivity contribution in [1.29, 1.82) is 5.41 Å². The monoisotopic (exact) mass is 409 g/mol. The molecule has 0 aliphatic heterocycles. The number of nitrogens with one attached hydrogen (secondary N) is 2. The average Bonchev–Trinajstić information content (AvgIpc) is 2.74. The van der Waals surface area contributed by atoms with Crippen molar-refractivity contribution in [2.24, 2.45) is 0 Å². The van der Waals surface area contributed by atoms with Crippen LogP contribution in [-0.2, 0) is 6.54 Å². The maximum Gasteiger partial charge on any atom is 0.269 e. The Morgan fingerprint density at radius 3 is 2.59 bits per heavy atom. The van der Waals surface area contributed by atoms with E-state index in [2.05, 4.69) is 10.3 Å². The van der Waals surface area contributed by atoms with Gasteiger partial charge < -0.3 is 16.5 Å². The maximum atomic E-state index is 12.8. The molecule has 0 atom stereocenters. The lowest BCUT2D eigenvalue weighted by Gasteiger charge is -2.14. The Morgan fingerprint density at radius 2 is 1.97 bits per heavy atom. The third-order valence-electron chi connectivity index (χ3n) is 4.65. The first-order chi connectivity index (χ1) is 13.9. The summed E-state index contributed by atoms with van der Waals surface area (Å²) in [6, 6.07) is 10.3. The topological polar surface area (TPSA) is 114 Å². The Labute approximate surface area is 172 Å². The maximum absolute atomic E-state index is 12.8. The number of anilines is 1. The van der Waals surface area contributed by atoms with Crippen LogP contribution in [0.25, 0.3) is 22.3 Å². The Morgan fingerprint density at radius 1 is 1.24 bits per heavy atom. The fourth-order valence-corrected chi connectivity index (χ4v) is 3.38. The third-order valence-corrected chi connectivity index (χ3v) is 4.96. The molecule has 4 N–H and O–H groups in total. The zero-order valence-corrected chi connectivity index (χ0v) is 16.7. The Kier molecular flexibility index (Phi) is 5.79. The largest absolute Gasteiger partial charge is 0.384 e. The average molecular weight is 410 g/mol. The number of carbonyl (C=O) groups excluding carboxylic acids is 1. The first kappa shape index (κ1) is 20.3. The number of aromatic nitrogens is 2. The van der Waals surface area contributed by atoms with E-state index in [0.717, 1.165) is 17.3 Å². The molecule has 0 unspecified atom stereocenters. The lowest BCUT2D eigenvalue weighted by Crippen LogP contribution is -2.25. The fourth-order valence-electron chi connectivity index (χ4n) is 3.10. The first-order valence-electron chi connectivity index (χ1n) is 8.93. The van der Waals surface area contributed by atoms with Gasteiger partial charge in [-0.15, -0.1) is 0 Å². The molecular weight excluding hydrogens is 390 g/mol. The molecule has 7 nitrogen and oxygen atoms in total. The second kappa shape index (κ2) is 8.28. The van der Waals surface area contributed by atoms with Gasteiger partial charge in [0.25, 0.3) is 11.5 Å². The van der Waals surface area contributed by atoms with Crippen molar-refractivity contribution < 1.29 is 4.79 Å². The van der Waals surface area contributed by atoms with Crippen LogP contribution in [0.5, 0.6) is 0 Å². The van der Waals surface area contributed by atoms with Crippen LogP contribution in [-0.4, -0.2) is 28.7 Å². The molecule has 0 saturated heterocycles. The van der Waals surface area contributed by atoms with Crippen LogP contribution >= 0.6 is 11.6 Å². The summed E-state index contributed by atoms with van der Waals surface area (Å²) in [7, 11) is 1.54. The van der Waals surface area contributed by atoms with Crippen LogP contribution in [0.1, 0.15) is 23.0 Å². The molecule has 2 heterocycles. The van der Waals surface area contributed by atoms with E-state index in [0.29, 0.717) is 34.0 Å². The highest BCUT2D eigenvalue weighted by atomic mass is 35.5. The van der Waals surface area contributed by atoms with Crippen molar-refractivity contribution in [3.05, 3.63) is 69.2 Å². The molecular formula is C21H20ClN5O2. The van der Waals surface area contributed by atoms with Gasteiger partial charge in [0, 0.05) is 47.7 Å². The van der Waals surface area contributed by atoms with Crippen LogP contribution < -0.4 is 16.6 Å². The molecule has 0 aliphatic rings. The van der Waals surface area contributed by atoms with Crippen LogP contribution in [0.3, 0.4) is 0 Å². The number of nitrogen functional groups attached to an aromatic ring is 1. The molecule has 29 heavy (non-hydrogen) atoms. The van der Waals surface area contributed by atoms with Gasteiger partial charge in [0.2, 0.25) is 0 Å². The highest BCUT2D eigenvalue weighted by Gasteiger charge is 2.15. The standard InChI is InChI=1S/C21H20ClN5O2/c1-3-27-19(24)14(11-23)8-16(21(27)29)15-5-4-12(9-17(15)22)13-6-7-26-18(10-13)20(28)25-2/h4-11,23H,3,24H2,1-2H3,(H,25,28). The molecule has 3 aromatic rings. The second-order valence-corrected chi connectivity index (χ2v) is 6.70. The predicted octanol–water partition coefficient (Wildman–Crippen LogP) is 3.19. The Bertz CT molecular complexity index is 1170. The predicted molar refractivity (Wildman–Crippen MR) is 116 cm³/mol. The number of hydrogen-bond acceptors (Lipinski definition) is 5. The van der Waals surface area contributed by atoms with Gasteiger partial charge in [0.05, 0.1) is 0 Å². The van der Waals surface area contributed by atoms with Crippen molar-refractivity contribution in [3.8, 4) is 22.3 Å². The molecule has 0 bridgehead atoms. The van der Waals surface area contributed by atoms with E-state index in [1.807, 2.05) is 13.0 Å². The molecule has 0 saturated carbocycles. The number of amides is 1. The van der Waals surface area contributed by atoms with Crippen LogP contribution in [0.4, 0.5) is 5.82 Å². The van der Waals surface area contributed by atoms with Crippen molar-refractivity contribution >= 4 is 29.5 Å². The van der Waals surface area contributed by atoms with E-state index in [4.69, 9.17) is 22.7 Å². The second-order valence-electron chi connectivity index (χ2n) is 6.30. The smallest absolute Gasteiger partial charge is 0.269 e. The van der Waals surface area contributed by atoms with Crippen molar-refractivity contribution in [2.45, 2.75) is 13.5 Å². The summed E-state index contributed by atoms with van der Waals surface area (Å²) in [5.74, 6) is -0.0294. The van der Waals surface area contributed by atoms with E-state index in [-0.39, 0.29) is 17.3 Å². The molecule has 0 radical (unpaired) electrons. The molecule has 1 amide bonds. The summed E-state index contributed by atoms with van der Waals surface area (Å²) in [6.45, 7) is 2.20. The normalized spacial score (nSPS) is 10.6. The number of carbonyl (C=O) groups is 1. The highest BCUT2D eigenvalue weighted by Crippen LogP contribution is 2.32. The zero-order valence-electron chi connectivity index (χ0n) is 16.0. The lowest BCUT2D eigenvalue weighted by atomic mass is 10.00. The van der Waals surface area contributed by atoms with Gasteiger partial charge in [-0.3, -0.25) is 19.1 Å². The van der Waals surface area contributed by atoms with E-state index in [9.17, 15) is 9.59 Å². The number of nitrogens with two attached hydrogens (primary N) is 1. The summed E-state index contributed by atoms with van der Waals surface area (Å²) in [6.07, 6.45) is 2.67. The summed E-state index contributed by atoms with van der Waals surface area (Å²) >= 11 is 6.51. The van der Waals surface area contributed by atoms with E-state index >= 15 is 0 Å². The minimum absolute atomic E-state index is 0.252. The molecule has 8 heteroatoms. The quantitative estimate of drug-likeness (QED) is 0.561. The van der Waals surface area contributed by atoms with Crippen molar-refractivity contribution in [2.75, 3.05) is 12.8 Å². The molecule has 0 spiro atoms. The molecule has 2 aromatic heterocycles. The summed E-state index contributed by atoms with van der Waals surface area (Å²) in [4.78, 5) is 28.7. The van der Waals surface area contributed by atoms with Crippen molar-refractivity contribution in [3.63, 3.8) is 0 Å². The van der Waals surface area contributed by atoms with Gasteiger partial charge in [-0.2, -0.15) is 0 Å². The molecule has 3 rings (SSSR count).